The molecule has 0 bridgehead atoms. The molecule has 0 radical (unpaired) electrons. The van der Waals surface area contributed by atoms with Gasteiger partial charge in [-0.15, -0.1) is 0 Å². The lowest BCUT2D eigenvalue weighted by atomic mass is 10.1. The summed E-state index contributed by atoms with van der Waals surface area (Å²) in [6.07, 6.45) is 0. The SMILES string of the molecule is CCNC(=O)CNC(=O)c1ccc(-c2ccccc2F)o1. The fourth-order valence-corrected chi connectivity index (χ4v) is 1.77. The van der Waals surface area contributed by atoms with Crippen LogP contribution in [0.2, 0.25) is 0 Å². The first-order chi connectivity index (χ1) is 10.1. The average molecular weight is 290 g/mol. The van der Waals surface area contributed by atoms with E-state index in [-0.39, 0.29) is 29.5 Å². The summed E-state index contributed by atoms with van der Waals surface area (Å²) in [6.45, 7) is 2.14. The van der Waals surface area contributed by atoms with Crippen LogP contribution >= 0.6 is 0 Å². The van der Waals surface area contributed by atoms with Gasteiger partial charge in [-0.2, -0.15) is 0 Å². The average Bonchev–Trinajstić information content (AvgIpc) is 2.95. The Morgan fingerprint density at radius 1 is 1.14 bits per heavy atom. The van der Waals surface area contributed by atoms with Gasteiger partial charge >= 0.3 is 0 Å². The number of amides is 2. The zero-order valence-corrected chi connectivity index (χ0v) is 11.5. The third kappa shape index (κ3) is 3.68. The first-order valence-electron chi connectivity index (χ1n) is 6.51. The standard InChI is InChI=1S/C15H15FN2O3/c1-2-17-14(19)9-18-15(20)13-8-7-12(21-13)10-5-3-4-6-11(10)16/h3-8H,2,9H2,1H3,(H,17,19)(H,18,20). The minimum absolute atomic E-state index is 0.0255. The Kier molecular flexibility index (Phi) is 4.71. The first-order valence-corrected chi connectivity index (χ1v) is 6.51. The summed E-state index contributed by atoms with van der Waals surface area (Å²) < 4.78 is 18.9. The number of halogens is 1. The normalized spacial score (nSPS) is 10.2. The van der Waals surface area contributed by atoms with Gasteiger partial charge in [-0.3, -0.25) is 9.59 Å². The Morgan fingerprint density at radius 3 is 2.62 bits per heavy atom. The molecule has 0 saturated carbocycles. The summed E-state index contributed by atoms with van der Waals surface area (Å²) in [5, 5.41) is 4.98. The number of benzene rings is 1. The van der Waals surface area contributed by atoms with E-state index in [4.69, 9.17) is 4.42 Å². The van der Waals surface area contributed by atoms with E-state index in [2.05, 4.69) is 10.6 Å². The van der Waals surface area contributed by atoms with Crippen LogP contribution in [0.25, 0.3) is 11.3 Å². The van der Waals surface area contributed by atoms with E-state index in [1.165, 1.54) is 18.2 Å². The van der Waals surface area contributed by atoms with Gasteiger partial charge in [0, 0.05) is 6.54 Å². The van der Waals surface area contributed by atoms with Crippen LogP contribution in [-0.4, -0.2) is 24.9 Å². The van der Waals surface area contributed by atoms with Gasteiger partial charge in [0.25, 0.3) is 5.91 Å². The number of hydrogen-bond acceptors (Lipinski definition) is 3. The van der Waals surface area contributed by atoms with Crippen molar-refractivity contribution in [2.75, 3.05) is 13.1 Å². The number of carbonyl (C=O) groups excluding carboxylic acids is 2. The fraction of sp³-hybridized carbons (Fsp3) is 0.200. The number of nitrogens with one attached hydrogen (secondary N) is 2. The molecule has 2 amide bonds. The Morgan fingerprint density at radius 2 is 1.90 bits per heavy atom. The molecule has 5 nitrogen and oxygen atoms in total. The number of hydrogen-bond donors (Lipinski definition) is 2. The maximum Gasteiger partial charge on any atom is 0.287 e. The van der Waals surface area contributed by atoms with Gasteiger partial charge in [0.05, 0.1) is 12.1 Å². The molecular formula is C15H15FN2O3. The van der Waals surface area contributed by atoms with E-state index in [1.807, 2.05) is 0 Å². The number of likely N-dealkylation sites (N-methyl/N-ethyl adjacent to an activating group) is 1. The van der Waals surface area contributed by atoms with Gasteiger partial charge in [0.1, 0.15) is 11.6 Å². The highest BCUT2D eigenvalue weighted by molar-refractivity contribution is 5.94. The second kappa shape index (κ2) is 6.69. The highest BCUT2D eigenvalue weighted by atomic mass is 19.1. The molecule has 0 aliphatic carbocycles. The second-order valence-corrected chi connectivity index (χ2v) is 4.28. The van der Waals surface area contributed by atoms with Gasteiger partial charge in [-0.25, -0.2) is 4.39 Å². The van der Waals surface area contributed by atoms with Crippen LogP contribution in [0.3, 0.4) is 0 Å². The summed E-state index contributed by atoms with van der Waals surface area (Å²) in [5.74, 6) is -0.953. The molecule has 0 spiro atoms. The van der Waals surface area contributed by atoms with Crippen LogP contribution < -0.4 is 10.6 Å². The molecule has 1 heterocycles. The first kappa shape index (κ1) is 14.8. The van der Waals surface area contributed by atoms with Crippen molar-refractivity contribution in [3.05, 3.63) is 48.0 Å². The molecule has 6 heteroatoms. The van der Waals surface area contributed by atoms with Crippen molar-refractivity contribution < 1.29 is 18.4 Å². The van der Waals surface area contributed by atoms with Crippen LogP contribution in [-0.2, 0) is 4.79 Å². The molecule has 1 aromatic heterocycles. The minimum atomic E-state index is -0.524. The van der Waals surface area contributed by atoms with Gasteiger partial charge in [-0.05, 0) is 31.2 Å². The lowest BCUT2D eigenvalue weighted by Crippen LogP contribution is -2.36. The summed E-state index contributed by atoms with van der Waals surface area (Å²) in [5.41, 5.74) is 0.278. The second-order valence-electron chi connectivity index (χ2n) is 4.28. The van der Waals surface area contributed by atoms with Crippen molar-refractivity contribution in [3.63, 3.8) is 0 Å². The molecule has 110 valence electrons. The molecular weight excluding hydrogens is 275 g/mol. The minimum Gasteiger partial charge on any atom is -0.451 e. The molecule has 2 rings (SSSR count). The topological polar surface area (TPSA) is 71.3 Å². The van der Waals surface area contributed by atoms with Crippen molar-refractivity contribution in [2.45, 2.75) is 6.92 Å². The largest absolute Gasteiger partial charge is 0.451 e. The van der Waals surface area contributed by atoms with E-state index < -0.39 is 11.7 Å². The van der Waals surface area contributed by atoms with E-state index in [0.29, 0.717) is 6.54 Å². The number of rotatable bonds is 5. The molecule has 21 heavy (non-hydrogen) atoms. The molecule has 0 fully saturated rings. The molecule has 2 N–H and O–H groups in total. The number of furan rings is 1. The third-order valence-corrected chi connectivity index (χ3v) is 2.75. The Bertz CT molecular complexity index is 652. The maximum atomic E-state index is 13.6. The van der Waals surface area contributed by atoms with Crippen LogP contribution in [0.5, 0.6) is 0 Å². The molecule has 0 unspecified atom stereocenters. The van der Waals surface area contributed by atoms with E-state index in [1.54, 1.807) is 25.1 Å². The lowest BCUT2D eigenvalue weighted by molar-refractivity contribution is -0.120. The zero-order chi connectivity index (χ0) is 15.2. The number of carbonyl (C=O) groups is 2. The summed E-state index contributed by atoms with van der Waals surface area (Å²) in [6, 6.07) is 9.07. The molecule has 0 atom stereocenters. The van der Waals surface area contributed by atoms with E-state index >= 15 is 0 Å². The smallest absolute Gasteiger partial charge is 0.287 e. The predicted molar refractivity (Wildman–Crippen MR) is 75.1 cm³/mol. The summed E-state index contributed by atoms with van der Waals surface area (Å²) in [7, 11) is 0. The highest BCUT2D eigenvalue weighted by Crippen LogP contribution is 2.24. The molecule has 0 saturated heterocycles. The molecule has 1 aromatic carbocycles. The van der Waals surface area contributed by atoms with Gasteiger partial charge in [0.2, 0.25) is 5.91 Å². The lowest BCUT2D eigenvalue weighted by Gasteiger charge is -2.03. The van der Waals surface area contributed by atoms with Crippen molar-refractivity contribution in [3.8, 4) is 11.3 Å². The Labute approximate surface area is 121 Å². The van der Waals surface area contributed by atoms with Gasteiger partial charge < -0.3 is 15.1 Å². The van der Waals surface area contributed by atoms with Gasteiger partial charge in [-0.1, -0.05) is 12.1 Å². The van der Waals surface area contributed by atoms with Crippen molar-refractivity contribution >= 4 is 11.8 Å². The third-order valence-electron chi connectivity index (χ3n) is 2.75. The van der Waals surface area contributed by atoms with Crippen molar-refractivity contribution in [1.82, 2.24) is 10.6 Å². The fourth-order valence-electron chi connectivity index (χ4n) is 1.77. The molecule has 0 aliphatic heterocycles. The Hall–Kier alpha value is -2.63. The van der Waals surface area contributed by atoms with Crippen LogP contribution in [0.1, 0.15) is 17.5 Å². The molecule has 0 aliphatic rings. The van der Waals surface area contributed by atoms with Crippen LogP contribution in [0.15, 0.2) is 40.8 Å². The summed E-state index contributed by atoms with van der Waals surface area (Å²) in [4.78, 5) is 23.0. The monoisotopic (exact) mass is 290 g/mol. The summed E-state index contributed by atoms with van der Waals surface area (Å²) >= 11 is 0. The van der Waals surface area contributed by atoms with Crippen LogP contribution in [0.4, 0.5) is 4.39 Å². The van der Waals surface area contributed by atoms with Crippen molar-refractivity contribution in [1.29, 1.82) is 0 Å². The van der Waals surface area contributed by atoms with Gasteiger partial charge in [0.15, 0.2) is 5.76 Å². The van der Waals surface area contributed by atoms with E-state index in [0.717, 1.165) is 0 Å². The molecule has 2 aromatic rings. The Balaban J connectivity index is 2.05. The van der Waals surface area contributed by atoms with Crippen molar-refractivity contribution in [2.24, 2.45) is 0 Å². The quantitative estimate of drug-likeness (QED) is 0.884. The predicted octanol–water partition coefficient (Wildman–Crippen LogP) is 1.95. The van der Waals surface area contributed by atoms with E-state index in [9.17, 15) is 14.0 Å². The highest BCUT2D eigenvalue weighted by Gasteiger charge is 2.14. The maximum absolute atomic E-state index is 13.6. The zero-order valence-electron chi connectivity index (χ0n) is 11.5. The van der Waals surface area contributed by atoms with Crippen LogP contribution in [0, 0.1) is 5.82 Å².